The number of aromatic nitrogens is 2. The number of aromatic amines is 1. The normalized spacial score (nSPS) is 12.2. The van der Waals surface area contributed by atoms with E-state index >= 15 is 0 Å². The minimum absolute atomic E-state index is 0.0556. The van der Waals surface area contributed by atoms with Crippen LogP contribution in [0, 0.1) is 0 Å². The Labute approximate surface area is 124 Å². The lowest BCUT2D eigenvalue weighted by Gasteiger charge is -2.17. The number of hydrogen-bond donors (Lipinski definition) is 2. The van der Waals surface area contributed by atoms with Gasteiger partial charge < -0.3 is 5.32 Å². The van der Waals surface area contributed by atoms with Crippen molar-refractivity contribution in [1.29, 1.82) is 0 Å². The second-order valence-corrected chi connectivity index (χ2v) is 5.10. The van der Waals surface area contributed by atoms with E-state index in [4.69, 9.17) is 34.8 Å². The molecule has 0 bridgehead atoms. The summed E-state index contributed by atoms with van der Waals surface area (Å²) < 4.78 is 0. The van der Waals surface area contributed by atoms with Crippen molar-refractivity contribution in [3.05, 3.63) is 55.4 Å². The smallest absolute Gasteiger partial charge is 0.285 e. The van der Waals surface area contributed by atoms with Crippen molar-refractivity contribution in [2.75, 3.05) is 5.32 Å². The molecule has 1 atom stereocenters. The fourth-order valence-electron chi connectivity index (χ4n) is 1.65. The molecule has 1 aromatic carbocycles. The molecule has 1 heterocycles. The van der Waals surface area contributed by atoms with Crippen LogP contribution in [-0.2, 0) is 0 Å². The summed E-state index contributed by atoms with van der Waals surface area (Å²) in [5.74, 6) is 0. The molecule has 0 radical (unpaired) electrons. The van der Waals surface area contributed by atoms with Crippen molar-refractivity contribution in [3.8, 4) is 0 Å². The highest BCUT2D eigenvalue weighted by molar-refractivity contribution is 6.42. The number of hydrogen-bond acceptors (Lipinski definition) is 3. The van der Waals surface area contributed by atoms with Gasteiger partial charge in [0.25, 0.3) is 5.56 Å². The van der Waals surface area contributed by atoms with E-state index in [0.717, 1.165) is 5.56 Å². The Morgan fingerprint density at radius 2 is 2.00 bits per heavy atom. The summed E-state index contributed by atoms with van der Waals surface area (Å²) in [6.45, 7) is 1.88. The molecule has 100 valence electrons. The van der Waals surface area contributed by atoms with E-state index in [2.05, 4.69) is 15.5 Å². The predicted molar refractivity (Wildman–Crippen MR) is 78.4 cm³/mol. The largest absolute Gasteiger partial charge is 0.376 e. The molecule has 0 spiro atoms. The van der Waals surface area contributed by atoms with Crippen molar-refractivity contribution in [3.63, 3.8) is 0 Å². The van der Waals surface area contributed by atoms with Crippen LogP contribution in [0.25, 0.3) is 0 Å². The van der Waals surface area contributed by atoms with Crippen molar-refractivity contribution >= 4 is 40.5 Å². The van der Waals surface area contributed by atoms with Crippen LogP contribution in [0.5, 0.6) is 0 Å². The minimum atomic E-state index is -0.448. The Morgan fingerprint density at radius 1 is 1.26 bits per heavy atom. The van der Waals surface area contributed by atoms with Gasteiger partial charge in [0.2, 0.25) is 0 Å². The fourth-order valence-corrected chi connectivity index (χ4v) is 2.27. The summed E-state index contributed by atoms with van der Waals surface area (Å²) in [7, 11) is 0. The average molecular weight is 319 g/mol. The van der Waals surface area contributed by atoms with Gasteiger partial charge in [-0.3, -0.25) is 4.79 Å². The quantitative estimate of drug-likeness (QED) is 0.902. The first-order valence-corrected chi connectivity index (χ1v) is 6.57. The first-order valence-electron chi connectivity index (χ1n) is 5.44. The molecule has 0 aliphatic rings. The molecule has 0 aliphatic heterocycles. The highest BCUT2D eigenvalue weighted by atomic mass is 35.5. The van der Waals surface area contributed by atoms with E-state index in [0.29, 0.717) is 15.7 Å². The minimum Gasteiger partial charge on any atom is -0.376 e. The maximum absolute atomic E-state index is 11.3. The molecule has 1 aromatic heterocycles. The molecule has 7 heteroatoms. The summed E-state index contributed by atoms with van der Waals surface area (Å²) in [5, 5.41) is 10.0. The number of nitrogens with zero attached hydrogens (tertiary/aromatic N) is 1. The molecule has 2 rings (SSSR count). The zero-order chi connectivity index (χ0) is 14.0. The second-order valence-electron chi connectivity index (χ2n) is 3.94. The molecular weight excluding hydrogens is 309 g/mol. The Bertz CT molecular complexity index is 657. The van der Waals surface area contributed by atoms with Crippen LogP contribution in [0.1, 0.15) is 18.5 Å². The predicted octanol–water partition coefficient (Wildman–Crippen LogP) is 3.90. The number of anilines is 1. The Morgan fingerprint density at radius 3 is 2.74 bits per heavy atom. The van der Waals surface area contributed by atoms with E-state index in [-0.39, 0.29) is 11.1 Å². The molecule has 2 aromatic rings. The summed E-state index contributed by atoms with van der Waals surface area (Å²) in [5.41, 5.74) is 0.801. The Balaban J connectivity index is 2.31. The van der Waals surface area contributed by atoms with Crippen molar-refractivity contribution in [2.24, 2.45) is 0 Å². The summed E-state index contributed by atoms with van der Waals surface area (Å²) in [6, 6.07) is 5.19. The molecule has 0 aliphatic carbocycles. The molecule has 0 fully saturated rings. The number of nitrogens with one attached hydrogen (secondary N) is 2. The first kappa shape index (κ1) is 14.2. The van der Waals surface area contributed by atoms with Gasteiger partial charge >= 0.3 is 0 Å². The van der Waals surface area contributed by atoms with E-state index in [1.807, 2.05) is 13.0 Å². The fraction of sp³-hybridized carbons (Fsp3) is 0.167. The van der Waals surface area contributed by atoms with Gasteiger partial charge in [0.05, 0.1) is 28.0 Å². The summed E-state index contributed by atoms with van der Waals surface area (Å²) in [6.07, 6.45) is 1.44. The van der Waals surface area contributed by atoms with Crippen LogP contribution in [0.3, 0.4) is 0 Å². The third-order valence-electron chi connectivity index (χ3n) is 2.62. The van der Waals surface area contributed by atoms with Crippen molar-refractivity contribution in [2.45, 2.75) is 13.0 Å². The number of H-pyrrole nitrogens is 1. The molecule has 4 nitrogen and oxygen atoms in total. The van der Waals surface area contributed by atoms with Crippen LogP contribution in [0.15, 0.2) is 29.2 Å². The molecule has 2 N–H and O–H groups in total. The molecule has 1 unspecified atom stereocenters. The monoisotopic (exact) mass is 317 g/mol. The third kappa shape index (κ3) is 3.03. The van der Waals surface area contributed by atoms with Crippen molar-refractivity contribution < 1.29 is 0 Å². The summed E-state index contributed by atoms with van der Waals surface area (Å²) in [4.78, 5) is 11.3. The standard InChI is InChI=1S/C12H10Cl3N3O/c1-6(7-3-2-4-8(13)10(7)14)17-9-5-16-18-12(19)11(9)15/h2-6H,1H3,(H2,17,18,19). The van der Waals surface area contributed by atoms with Gasteiger partial charge in [0, 0.05) is 0 Å². The van der Waals surface area contributed by atoms with E-state index in [9.17, 15) is 4.79 Å². The third-order valence-corrected chi connectivity index (χ3v) is 3.82. The highest BCUT2D eigenvalue weighted by Gasteiger charge is 2.14. The van der Waals surface area contributed by atoms with E-state index < -0.39 is 5.56 Å². The van der Waals surface area contributed by atoms with E-state index in [1.165, 1.54) is 6.20 Å². The molecular formula is C12H10Cl3N3O. The number of rotatable bonds is 3. The molecule has 0 amide bonds. The lowest BCUT2D eigenvalue weighted by atomic mass is 10.1. The zero-order valence-corrected chi connectivity index (χ0v) is 12.1. The Hall–Kier alpha value is -1.23. The van der Waals surface area contributed by atoms with Gasteiger partial charge in [-0.15, -0.1) is 0 Å². The second kappa shape index (κ2) is 5.82. The van der Waals surface area contributed by atoms with Gasteiger partial charge in [-0.2, -0.15) is 5.10 Å². The SMILES string of the molecule is CC(Nc1cn[nH]c(=O)c1Cl)c1cccc(Cl)c1Cl. The molecule has 0 saturated carbocycles. The highest BCUT2D eigenvalue weighted by Crippen LogP contribution is 2.32. The zero-order valence-electron chi connectivity index (χ0n) is 9.88. The van der Waals surface area contributed by atoms with Gasteiger partial charge in [-0.1, -0.05) is 46.9 Å². The summed E-state index contributed by atoms with van der Waals surface area (Å²) >= 11 is 18.0. The van der Waals surface area contributed by atoms with Crippen LogP contribution in [-0.4, -0.2) is 10.2 Å². The maximum Gasteiger partial charge on any atom is 0.285 e. The van der Waals surface area contributed by atoms with E-state index in [1.54, 1.807) is 12.1 Å². The number of halogens is 3. The average Bonchev–Trinajstić information content (AvgIpc) is 2.38. The van der Waals surface area contributed by atoms with Gasteiger partial charge in [-0.05, 0) is 18.6 Å². The molecule has 0 saturated heterocycles. The topological polar surface area (TPSA) is 57.8 Å². The van der Waals surface area contributed by atoms with Crippen molar-refractivity contribution in [1.82, 2.24) is 10.2 Å². The lowest BCUT2D eigenvalue weighted by Crippen LogP contribution is -2.14. The maximum atomic E-state index is 11.3. The van der Waals surface area contributed by atoms with Gasteiger partial charge in [0.15, 0.2) is 0 Å². The molecule has 19 heavy (non-hydrogen) atoms. The number of benzene rings is 1. The Kier molecular flexibility index (Phi) is 4.34. The first-order chi connectivity index (χ1) is 9.00. The van der Waals surface area contributed by atoms with Gasteiger partial charge in [-0.25, -0.2) is 5.10 Å². The van der Waals surface area contributed by atoms with Gasteiger partial charge in [0.1, 0.15) is 5.02 Å². The van der Waals surface area contributed by atoms with Crippen LogP contribution < -0.4 is 10.9 Å². The van der Waals surface area contributed by atoms with Crippen LogP contribution in [0.2, 0.25) is 15.1 Å². The lowest BCUT2D eigenvalue weighted by molar-refractivity contribution is 0.875. The van der Waals surface area contributed by atoms with Crippen LogP contribution in [0.4, 0.5) is 5.69 Å². The van der Waals surface area contributed by atoms with Crippen LogP contribution >= 0.6 is 34.8 Å².